The largest absolute Gasteiger partial charge is 0.481 e. The summed E-state index contributed by atoms with van der Waals surface area (Å²) in [6, 6.07) is 3.32. The third-order valence-corrected chi connectivity index (χ3v) is 7.95. The first kappa shape index (κ1) is 24.0. The molecule has 2 fully saturated rings. The van der Waals surface area contributed by atoms with Crippen LogP contribution < -0.4 is 4.74 Å². The Morgan fingerprint density at radius 1 is 1.36 bits per heavy atom. The van der Waals surface area contributed by atoms with Gasteiger partial charge in [0.1, 0.15) is 5.01 Å². The Morgan fingerprint density at radius 3 is 2.82 bits per heavy atom. The fraction of sp³-hybridized carbons (Fsp3) is 0.625. The van der Waals surface area contributed by atoms with Gasteiger partial charge < -0.3 is 9.84 Å². The molecule has 0 unspecified atom stereocenters. The standard InChI is InChI=1S/C24H31F2N3O3S/c1-15(2)17-10-24(22(30)31,8-7-16-5-6-16)14-29(12-17)13-18-11-28-21(33-18)19-4-3-9-27-20(19)32-23(25)26/h3-4,9,11,15-17,23H,5-8,10,12-14H2,1-2H3,(H,30,31)/t17-,24-/m1/s1. The van der Waals surface area contributed by atoms with E-state index < -0.39 is 18.0 Å². The maximum atomic E-state index is 12.8. The van der Waals surface area contributed by atoms with Crippen LogP contribution in [0.4, 0.5) is 8.78 Å². The van der Waals surface area contributed by atoms with E-state index in [4.69, 9.17) is 0 Å². The van der Waals surface area contributed by atoms with Crippen LogP contribution in [0.2, 0.25) is 0 Å². The topological polar surface area (TPSA) is 75.5 Å². The Morgan fingerprint density at radius 2 is 2.15 bits per heavy atom. The van der Waals surface area contributed by atoms with Crippen LogP contribution in [0.1, 0.15) is 50.8 Å². The first-order chi connectivity index (χ1) is 15.8. The van der Waals surface area contributed by atoms with Gasteiger partial charge in [-0.3, -0.25) is 9.69 Å². The van der Waals surface area contributed by atoms with Crippen LogP contribution in [0.25, 0.3) is 10.6 Å². The number of ether oxygens (including phenoxy) is 1. The molecular formula is C24H31F2N3O3S. The number of hydrogen-bond acceptors (Lipinski definition) is 6. The van der Waals surface area contributed by atoms with Gasteiger partial charge in [-0.05, 0) is 49.1 Å². The van der Waals surface area contributed by atoms with Crippen LogP contribution >= 0.6 is 11.3 Å². The Hall–Kier alpha value is -2.13. The third-order valence-electron chi connectivity index (χ3n) is 6.93. The van der Waals surface area contributed by atoms with Crippen molar-refractivity contribution in [1.29, 1.82) is 0 Å². The lowest BCUT2D eigenvalue weighted by Gasteiger charge is -2.45. The van der Waals surface area contributed by atoms with Gasteiger partial charge in [0.25, 0.3) is 0 Å². The minimum absolute atomic E-state index is 0.142. The van der Waals surface area contributed by atoms with Crippen molar-refractivity contribution in [2.45, 2.75) is 59.1 Å². The zero-order chi connectivity index (χ0) is 23.6. The predicted molar refractivity (Wildman–Crippen MR) is 122 cm³/mol. The maximum absolute atomic E-state index is 12.8. The lowest BCUT2D eigenvalue weighted by atomic mass is 9.69. The van der Waals surface area contributed by atoms with Crippen molar-refractivity contribution in [3.05, 3.63) is 29.4 Å². The van der Waals surface area contributed by atoms with E-state index in [1.54, 1.807) is 18.3 Å². The zero-order valence-electron chi connectivity index (χ0n) is 19.0. The van der Waals surface area contributed by atoms with Gasteiger partial charge in [-0.2, -0.15) is 8.78 Å². The van der Waals surface area contributed by atoms with Gasteiger partial charge in [-0.25, -0.2) is 9.97 Å². The predicted octanol–water partition coefficient (Wildman–Crippen LogP) is 5.55. The second kappa shape index (κ2) is 10.0. The minimum Gasteiger partial charge on any atom is -0.481 e. The zero-order valence-corrected chi connectivity index (χ0v) is 19.9. The molecule has 4 rings (SSSR count). The van der Waals surface area contributed by atoms with Crippen LogP contribution in [-0.2, 0) is 11.3 Å². The Balaban J connectivity index is 1.52. The van der Waals surface area contributed by atoms with E-state index in [2.05, 4.69) is 33.5 Å². The molecule has 2 aromatic rings. The lowest BCUT2D eigenvalue weighted by molar-refractivity contribution is -0.156. The number of nitrogens with zero attached hydrogens (tertiary/aromatic N) is 3. The summed E-state index contributed by atoms with van der Waals surface area (Å²) in [7, 11) is 0. The summed E-state index contributed by atoms with van der Waals surface area (Å²) in [6.07, 6.45) is 8.04. The van der Waals surface area contributed by atoms with Gasteiger partial charge >= 0.3 is 12.6 Å². The number of likely N-dealkylation sites (tertiary alicyclic amines) is 1. The molecule has 1 aliphatic heterocycles. The highest BCUT2D eigenvalue weighted by atomic mass is 32.1. The molecule has 1 saturated carbocycles. The monoisotopic (exact) mass is 479 g/mol. The van der Waals surface area contributed by atoms with Crippen molar-refractivity contribution in [2.75, 3.05) is 13.1 Å². The SMILES string of the molecule is CC(C)[C@H]1CN(Cc2cnc(-c3cccnc3OC(F)F)s2)C[C@](CCC2CC2)(C(=O)O)C1. The normalized spacial score (nSPS) is 23.9. The summed E-state index contributed by atoms with van der Waals surface area (Å²) in [5.41, 5.74) is -0.290. The molecule has 6 nitrogen and oxygen atoms in total. The number of carbonyl (C=O) groups is 1. The van der Waals surface area contributed by atoms with Gasteiger partial charge in [0.15, 0.2) is 0 Å². The van der Waals surface area contributed by atoms with Crippen molar-refractivity contribution in [2.24, 2.45) is 23.2 Å². The second-order valence-corrected chi connectivity index (χ2v) is 10.9. The van der Waals surface area contributed by atoms with E-state index in [0.29, 0.717) is 41.4 Å². The highest BCUT2D eigenvalue weighted by molar-refractivity contribution is 7.15. The van der Waals surface area contributed by atoms with E-state index in [0.717, 1.165) is 30.7 Å². The molecule has 0 amide bonds. The number of piperidine rings is 1. The quantitative estimate of drug-likeness (QED) is 0.482. The first-order valence-corrected chi connectivity index (χ1v) is 12.4. The summed E-state index contributed by atoms with van der Waals surface area (Å²) in [4.78, 5) is 24.0. The van der Waals surface area contributed by atoms with Crippen LogP contribution in [0.5, 0.6) is 5.88 Å². The molecule has 1 saturated heterocycles. The fourth-order valence-corrected chi connectivity index (χ4v) is 5.78. The number of halogens is 2. The molecule has 1 aliphatic carbocycles. The molecule has 33 heavy (non-hydrogen) atoms. The highest BCUT2D eigenvalue weighted by Crippen LogP contribution is 2.45. The Bertz CT molecular complexity index is 966. The third kappa shape index (κ3) is 5.87. The van der Waals surface area contributed by atoms with Gasteiger partial charge in [0, 0.05) is 36.9 Å². The minimum atomic E-state index is -2.96. The molecule has 0 aromatic carbocycles. The van der Waals surface area contributed by atoms with Crippen LogP contribution in [-0.4, -0.2) is 45.6 Å². The second-order valence-electron chi connectivity index (χ2n) is 9.81. The molecule has 180 valence electrons. The van der Waals surface area contributed by atoms with Crippen LogP contribution in [0.15, 0.2) is 24.5 Å². The number of thiazole rings is 1. The number of carboxylic acids is 1. The number of hydrogen-bond donors (Lipinski definition) is 1. The molecule has 0 spiro atoms. The summed E-state index contributed by atoms with van der Waals surface area (Å²) in [6.45, 7) is 3.33. The molecule has 0 bridgehead atoms. The molecule has 1 N–H and O–H groups in total. The van der Waals surface area contributed by atoms with E-state index in [9.17, 15) is 18.7 Å². The number of rotatable bonds is 10. The molecule has 2 atom stereocenters. The number of alkyl halides is 2. The van der Waals surface area contributed by atoms with E-state index in [1.807, 2.05) is 0 Å². The van der Waals surface area contributed by atoms with Gasteiger partial charge in [-0.1, -0.05) is 26.7 Å². The van der Waals surface area contributed by atoms with Crippen molar-refractivity contribution in [3.8, 4) is 16.5 Å². The van der Waals surface area contributed by atoms with Crippen molar-refractivity contribution >= 4 is 17.3 Å². The number of carboxylic acid groups (broad SMARTS) is 1. The Kier molecular flexibility index (Phi) is 7.28. The van der Waals surface area contributed by atoms with Gasteiger partial charge in [-0.15, -0.1) is 11.3 Å². The van der Waals surface area contributed by atoms with E-state index in [-0.39, 0.29) is 5.88 Å². The van der Waals surface area contributed by atoms with E-state index >= 15 is 0 Å². The number of aliphatic carboxylic acids is 1. The Labute approximate surface area is 197 Å². The fourth-order valence-electron chi connectivity index (χ4n) is 4.81. The average Bonchev–Trinajstić information content (AvgIpc) is 3.49. The summed E-state index contributed by atoms with van der Waals surface area (Å²) >= 11 is 1.40. The molecule has 2 aliphatic rings. The summed E-state index contributed by atoms with van der Waals surface area (Å²) < 4.78 is 30.1. The van der Waals surface area contributed by atoms with Crippen LogP contribution in [0.3, 0.4) is 0 Å². The average molecular weight is 480 g/mol. The maximum Gasteiger partial charge on any atom is 0.388 e. The molecule has 0 radical (unpaired) electrons. The van der Waals surface area contributed by atoms with Crippen molar-refractivity contribution in [3.63, 3.8) is 0 Å². The lowest BCUT2D eigenvalue weighted by Crippen LogP contribution is -2.51. The van der Waals surface area contributed by atoms with Gasteiger partial charge in [0.2, 0.25) is 5.88 Å². The van der Waals surface area contributed by atoms with Crippen LogP contribution in [0, 0.1) is 23.2 Å². The summed E-state index contributed by atoms with van der Waals surface area (Å²) in [5.74, 6) is 0.575. The number of pyridine rings is 1. The molecular weight excluding hydrogens is 448 g/mol. The van der Waals surface area contributed by atoms with Gasteiger partial charge in [0.05, 0.1) is 11.0 Å². The summed E-state index contributed by atoms with van der Waals surface area (Å²) in [5, 5.41) is 10.8. The molecule has 9 heteroatoms. The van der Waals surface area contributed by atoms with E-state index in [1.165, 1.54) is 30.4 Å². The highest BCUT2D eigenvalue weighted by Gasteiger charge is 2.46. The van der Waals surface area contributed by atoms with Crippen molar-refractivity contribution < 1.29 is 23.4 Å². The first-order valence-electron chi connectivity index (χ1n) is 11.6. The number of aromatic nitrogens is 2. The molecule has 3 heterocycles. The molecule has 2 aromatic heterocycles. The van der Waals surface area contributed by atoms with Crippen molar-refractivity contribution in [1.82, 2.24) is 14.9 Å². The smallest absolute Gasteiger partial charge is 0.388 e.